The van der Waals surface area contributed by atoms with Crippen LogP contribution in [-0.4, -0.2) is 9.55 Å². The summed E-state index contributed by atoms with van der Waals surface area (Å²) in [5.41, 5.74) is 0.0178. The van der Waals surface area contributed by atoms with Gasteiger partial charge in [0.05, 0.1) is 12.1 Å². The van der Waals surface area contributed by atoms with Crippen LogP contribution in [-0.2, 0) is 19.3 Å². The number of benzene rings is 2. The molecule has 0 aliphatic heterocycles. The lowest BCUT2D eigenvalue weighted by Gasteiger charge is -2.11. The number of alkyl halides is 3. The normalized spacial score (nSPS) is 11.5. The highest BCUT2D eigenvalue weighted by Crippen LogP contribution is 2.29. The predicted molar refractivity (Wildman–Crippen MR) is 97.5 cm³/mol. The first kappa shape index (κ1) is 20.1. The van der Waals surface area contributed by atoms with E-state index in [9.17, 15) is 22.4 Å². The van der Waals surface area contributed by atoms with E-state index in [-0.39, 0.29) is 29.3 Å². The fraction of sp³-hybridized carbons (Fsp3) is 0.158. The summed E-state index contributed by atoms with van der Waals surface area (Å²) in [6, 6.07) is 10.2. The lowest BCUT2D eigenvalue weighted by Crippen LogP contribution is -2.22. The Hall–Kier alpha value is -2.68. The maximum absolute atomic E-state index is 12.9. The molecule has 0 saturated carbocycles. The van der Waals surface area contributed by atoms with Gasteiger partial charge in [-0.15, -0.1) is 0 Å². The summed E-state index contributed by atoms with van der Waals surface area (Å²) >= 11 is 3.14. The van der Waals surface area contributed by atoms with Gasteiger partial charge in [-0.2, -0.15) is 13.2 Å². The second-order valence-electron chi connectivity index (χ2n) is 5.91. The average molecular weight is 457 g/mol. The van der Waals surface area contributed by atoms with Crippen LogP contribution < -0.4 is 10.3 Å². The predicted octanol–water partition coefficient (Wildman–Crippen LogP) is 4.79. The third kappa shape index (κ3) is 4.78. The minimum Gasteiger partial charge on any atom is -0.472 e. The summed E-state index contributed by atoms with van der Waals surface area (Å²) in [6.07, 6.45) is -3.16. The molecule has 0 atom stereocenters. The van der Waals surface area contributed by atoms with Gasteiger partial charge in [-0.1, -0.05) is 24.3 Å². The first-order chi connectivity index (χ1) is 13.2. The Morgan fingerprint density at radius 1 is 1.00 bits per heavy atom. The first-order valence-corrected chi connectivity index (χ1v) is 8.81. The maximum Gasteiger partial charge on any atom is 0.416 e. The van der Waals surface area contributed by atoms with E-state index in [0.29, 0.717) is 11.1 Å². The summed E-state index contributed by atoms with van der Waals surface area (Å²) in [5, 5.41) is 0. The summed E-state index contributed by atoms with van der Waals surface area (Å²) in [4.78, 5) is 16.5. The van der Waals surface area contributed by atoms with Gasteiger partial charge in [0.2, 0.25) is 5.88 Å². The van der Waals surface area contributed by atoms with E-state index in [1.807, 2.05) is 0 Å². The lowest BCUT2D eigenvalue weighted by molar-refractivity contribution is -0.137. The molecule has 0 aliphatic rings. The molecule has 1 heterocycles. The summed E-state index contributed by atoms with van der Waals surface area (Å²) in [5.74, 6) is -0.299. The van der Waals surface area contributed by atoms with Gasteiger partial charge in [-0.05, 0) is 51.3 Å². The van der Waals surface area contributed by atoms with Crippen molar-refractivity contribution in [1.82, 2.24) is 9.55 Å². The van der Waals surface area contributed by atoms with Crippen molar-refractivity contribution in [1.29, 1.82) is 0 Å². The molecule has 0 fully saturated rings. The third-order valence-electron chi connectivity index (χ3n) is 3.87. The van der Waals surface area contributed by atoms with Gasteiger partial charge in [0.15, 0.2) is 0 Å². The lowest BCUT2D eigenvalue weighted by atomic mass is 10.1. The van der Waals surface area contributed by atoms with Crippen LogP contribution in [0.1, 0.15) is 16.7 Å². The first-order valence-electron chi connectivity index (χ1n) is 8.02. The number of hydrogen-bond donors (Lipinski definition) is 0. The summed E-state index contributed by atoms with van der Waals surface area (Å²) in [6.45, 7) is 0.148. The van der Waals surface area contributed by atoms with Crippen molar-refractivity contribution in [2.24, 2.45) is 0 Å². The fourth-order valence-corrected chi connectivity index (χ4v) is 2.83. The Labute approximate surface area is 165 Å². The molecule has 0 saturated heterocycles. The molecule has 146 valence electrons. The molecule has 1 aromatic heterocycles. The Bertz CT molecular complexity index is 1020. The number of halogens is 5. The van der Waals surface area contributed by atoms with Crippen LogP contribution in [0.25, 0.3) is 0 Å². The number of rotatable bonds is 5. The Balaban J connectivity index is 1.72. The molecule has 0 amide bonds. The van der Waals surface area contributed by atoms with Crippen molar-refractivity contribution in [2.75, 3.05) is 0 Å². The molecule has 3 rings (SSSR count). The quantitative estimate of drug-likeness (QED) is 0.518. The van der Waals surface area contributed by atoms with Crippen molar-refractivity contribution in [3.8, 4) is 5.88 Å². The van der Waals surface area contributed by atoms with Crippen LogP contribution in [0.3, 0.4) is 0 Å². The van der Waals surface area contributed by atoms with Crippen LogP contribution in [0.15, 0.2) is 64.1 Å². The van der Waals surface area contributed by atoms with E-state index in [1.165, 1.54) is 35.2 Å². The van der Waals surface area contributed by atoms with Crippen LogP contribution in [0.2, 0.25) is 0 Å². The van der Waals surface area contributed by atoms with Gasteiger partial charge in [0.1, 0.15) is 23.2 Å². The molecule has 0 spiro atoms. The van der Waals surface area contributed by atoms with Crippen molar-refractivity contribution in [3.63, 3.8) is 0 Å². The highest BCUT2D eigenvalue weighted by atomic mass is 79.9. The van der Waals surface area contributed by atoms with E-state index in [0.717, 1.165) is 12.1 Å². The number of nitrogens with zero attached hydrogens (tertiary/aromatic N) is 2. The molecule has 28 heavy (non-hydrogen) atoms. The average Bonchev–Trinajstić information content (AvgIpc) is 2.66. The van der Waals surface area contributed by atoms with Crippen LogP contribution in [0.4, 0.5) is 17.6 Å². The molecule has 3 aromatic rings. The molecule has 4 nitrogen and oxygen atoms in total. The maximum atomic E-state index is 12.9. The van der Waals surface area contributed by atoms with Crippen LogP contribution in [0, 0.1) is 5.82 Å². The van der Waals surface area contributed by atoms with E-state index < -0.39 is 17.3 Å². The smallest absolute Gasteiger partial charge is 0.416 e. The Morgan fingerprint density at radius 3 is 2.21 bits per heavy atom. The van der Waals surface area contributed by atoms with Crippen molar-refractivity contribution >= 4 is 15.9 Å². The Morgan fingerprint density at radius 2 is 1.61 bits per heavy atom. The van der Waals surface area contributed by atoms with Crippen LogP contribution in [0.5, 0.6) is 5.88 Å². The number of aromatic nitrogens is 2. The third-order valence-corrected chi connectivity index (χ3v) is 4.55. The molecule has 0 unspecified atom stereocenters. The SMILES string of the molecule is O=c1c(Br)c(OCc2ccc(F)cc2)ncn1Cc1ccc(C(F)(F)F)cc1. The highest BCUT2D eigenvalue weighted by molar-refractivity contribution is 9.10. The van der Waals surface area contributed by atoms with Crippen molar-refractivity contribution < 1.29 is 22.3 Å². The zero-order chi connectivity index (χ0) is 20.3. The second-order valence-corrected chi connectivity index (χ2v) is 6.70. The van der Waals surface area contributed by atoms with E-state index in [1.54, 1.807) is 12.1 Å². The topological polar surface area (TPSA) is 44.1 Å². The summed E-state index contributed by atoms with van der Waals surface area (Å²) < 4.78 is 57.6. The van der Waals surface area contributed by atoms with Gasteiger partial charge >= 0.3 is 6.18 Å². The molecular weight excluding hydrogens is 444 g/mol. The zero-order valence-corrected chi connectivity index (χ0v) is 15.8. The molecule has 0 bridgehead atoms. The zero-order valence-electron chi connectivity index (χ0n) is 14.2. The molecule has 2 aromatic carbocycles. The molecule has 0 radical (unpaired) electrons. The molecule has 9 heteroatoms. The highest BCUT2D eigenvalue weighted by Gasteiger charge is 2.29. The number of ether oxygens (including phenoxy) is 1. The molecule has 0 N–H and O–H groups in total. The van der Waals surface area contributed by atoms with Gasteiger partial charge in [0, 0.05) is 0 Å². The molecule has 0 aliphatic carbocycles. The number of hydrogen-bond acceptors (Lipinski definition) is 3. The monoisotopic (exact) mass is 456 g/mol. The standard InChI is InChI=1S/C19H13BrF4N2O2/c20-16-17(28-10-13-3-7-15(21)8-4-13)25-11-26(18(16)27)9-12-1-5-14(6-2-12)19(22,23)24/h1-8,11H,9-10H2. The van der Waals surface area contributed by atoms with Gasteiger partial charge in [-0.25, -0.2) is 9.37 Å². The van der Waals surface area contributed by atoms with Gasteiger partial charge in [0.25, 0.3) is 5.56 Å². The van der Waals surface area contributed by atoms with E-state index in [2.05, 4.69) is 20.9 Å². The minimum absolute atomic E-state index is 0.0564. The molecular formula is C19H13BrF4N2O2. The largest absolute Gasteiger partial charge is 0.472 e. The van der Waals surface area contributed by atoms with Gasteiger partial charge < -0.3 is 4.74 Å². The van der Waals surface area contributed by atoms with E-state index >= 15 is 0 Å². The Kier molecular flexibility index (Phi) is 5.83. The van der Waals surface area contributed by atoms with Crippen molar-refractivity contribution in [2.45, 2.75) is 19.3 Å². The van der Waals surface area contributed by atoms with Crippen molar-refractivity contribution in [3.05, 3.63) is 92.2 Å². The second kappa shape index (κ2) is 8.14. The van der Waals surface area contributed by atoms with Crippen LogP contribution >= 0.6 is 15.9 Å². The fourth-order valence-electron chi connectivity index (χ4n) is 2.39. The minimum atomic E-state index is -4.41. The summed E-state index contributed by atoms with van der Waals surface area (Å²) in [7, 11) is 0. The van der Waals surface area contributed by atoms with Gasteiger partial charge in [-0.3, -0.25) is 9.36 Å². The van der Waals surface area contributed by atoms with E-state index in [4.69, 9.17) is 4.74 Å².